The lowest BCUT2D eigenvalue weighted by Crippen LogP contribution is -2.15. The number of aryl methyl sites for hydroxylation is 1. The van der Waals surface area contributed by atoms with Crippen molar-refractivity contribution >= 4 is 39.6 Å². The molecule has 0 unspecified atom stereocenters. The van der Waals surface area contributed by atoms with Gasteiger partial charge in [0, 0.05) is 18.0 Å². The van der Waals surface area contributed by atoms with Crippen LogP contribution in [0.25, 0.3) is 27.5 Å². The second-order valence-electron chi connectivity index (χ2n) is 7.66. The molecule has 0 saturated carbocycles. The molecule has 0 saturated heterocycles. The molecule has 0 aliphatic carbocycles. The van der Waals surface area contributed by atoms with E-state index < -0.39 is 0 Å². The molecule has 0 aliphatic rings. The van der Waals surface area contributed by atoms with Gasteiger partial charge in [0.25, 0.3) is 0 Å². The molecule has 0 spiro atoms. The second kappa shape index (κ2) is 8.96. The van der Waals surface area contributed by atoms with Crippen molar-refractivity contribution in [2.24, 2.45) is 0 Å². The van der Waals surface area contributed by atoms with Gasteiger partial charge in [0.05, 0.1) is 29.8 Å². The standard InChI is InChI=1S/C26H22N4O2S/c1-17-10-11-24(32-2)22(14-17)28-25(31)16-33-26-23-15-21(29-30(23)13-12-27-26)20-9-5-7-18-6-3-4-8-19(18)20/h3-15H,16H2,1-2H3,(H,28,31). The molecule has 3 aromatic carbocycles. The van der Waals surface area contributed by atoms with E-state index in [0.717, 1.165) is 32.7 Å². The molecule has 0 aliphatic heterocycles. The largest absolute Gasteiger partial charge is 0.495 e. The highest BCUT2D eigenvalue weighted by atomic mass is 32.2. The van der Waals surface area contributed by atoms with Crippen molar-refractivity contribution in [3.63, 3.8) is 0 Å². The van der Waals surface area contributed by atoms with Crippen LogP contribution >= 0.6 is 11.8 Å². The average molecular weight is 455 g/mol. The molecule has 0 atom stereocenters. The van der Waals surface area contributed by atoms with Crippen LogP contribution < -0.4 is 10.1 Å². The monoisotopic (exact) mass is 454 g/mol. The number of fused-ring (bicyclic) bond motifs is 2. The topological polar surface area (TPSA) is 68.5 Å². The average Bonchev–Trinajstić information content (AvgIpc) is 3.27. The molecule has 6 nitrogen and oxygen atoms in total. The maximum Gasteiger partial charge on any atom is 0.234 e. The van der Waals surface area contributed by atoms with Crippen LogP contribution in [0, 0.1) is 6.92 Å². The predicted molar refractivity (Wildman–Crippen MR) is 133 cm³/mol. The Hall–Kier alpha value is -3.84. The highest BCUT2D eigenvalue weighted by Gasteiger charge is 2.14. The van der Waals surface area contributed by atoms with Crippen LogP contribution in [0.5, 0.6) is 5.75 Å². The Balaban J connectivity index is 1.39. The summed E-state index contributed by atoms with van der Waals surface area (Å²) in [5.41, 5.74) is 4.52. The lowest BCUT2D eigenvalue weighted by Gasteiger charge is -2.11. The van der Waals surface area contributed by atoms with Crippen molar-refractivity contribution in [2.75, 3.05) is 18.2 Å². The van der Waals surface area contributed by atoms with Gasteiger partial charge in [0.15, 0.2) is 0 Å². The van der Waals surface area contributed by atoms with Crippen LogP contribution in [0.15, 0.2) is 84.1 Å². The normalized spacial score (nSPS) is 11.1. The number of benzene rings is 3. The molecule has 0 fully saturated rings. The zero-order valence-electron chi connectivity index (χ0n) is 18.3. The van der Waals surface area contributed by atoms with E-state index in [1.54, 1.807) is 13.3 Å². The Labute approximate surface area is 195 Å². The van der Waals surface area contributed by atoms with E-state index in [2.05, 4.69) is 34.6 Å². The lowest BCUT2D eigenvalue weighted by molar-refractivity contribution is -0.113. The van der Waals surface area contributed by atoms with E-state index in [4.69, 9.17) is 9.84 Å². The van der Waals surface area contributed by atoms with Crippen LogP contribution in [-0.4, -0.2) is 33.4 Å². The maximum atomic E-state index is 12.6. The van der Waals surface area contributed by atoms with Gasteiger partial charge >= 0.3 is 0 Å². The first-order valence-electron chi connectivity index (χ1n) is 10.5. The summed E-state index contributed by atoms with van der Waals surface area (Å²) in [4.78, 5) is 17.1. The zero-order valence-corrected chi connectivity index (χ0v) is 19.1. The van der Waals surface area contributed by atoms with Crippen LogP contribution in [-0.2, 0) is 4.79 Å². The van der Waals surface area contributed by atoms with Crippen LogP contribution in [0.1, 0.15) is 5.56 Å². The molecule has 1 amide bonds. The number of rotatable bonds is 6. The predicted octanol–water partition coefficient (Wildman–Crippen LogP) is 5.60. The first kappa shape index (κ1) is 21.0. The second-order valence-corrected chi connectivity index (χ2v) is 8.62. The summed E-state index contributed by atoms with van der Waals surface area (Å²) >= 11 is 1.38. The van der Waals surface area contributed by atoms with E-state index in [0.29, 0.717) is 11.4 Å². The number of hydrogen-bond acceptors (Lipinski definition) is 5. The highest BCUT2D eigenvalue weighted by molar-refractivity contribution is 8.00. The van der Waals surface area contributed by atoms with E-state index in [9.17, 15) is 4.79 Å². The number of methoxy groups -OCH3 is 1. The fourth-order valence-electron chi connectivity index (χ4n) is 3.83. The molecule has 0 radical (unpaired) electrons. The summed E-state index contributed by atoms with van der Waals surface area (Å²) in [6.07, 6.45) is 3.53. The van der Waals surface area contributed by atoms with Gasteiger partial charge in [-0.25, -0.2) is 9.50 Å². The summed E-state index contributed by atoms with van der Waals surface area (Å²) in [5.74, 6) is 0.731. The number of nitrogens with zero attached hydrogens (tertiary/aromatic N) is 3. The number of ether oxygens (including phenoxy) is 1. The molecule has 2 aromatic heterocycles. The van der Waals surface area contributed by atoms with Gasteiger partial charge in [0.2, 0.25) is 5.91 Å². The van der Waals surface area contributed by atoms with Crippen LogP contribution in [0.3, 0.4) is 0 Å². The Kier molecular flexibility index (Phi) is 5.71. The third-order valence-corrected chi connectivity index (χ3v) is 6.38. The minimum atomic E-state index is -0.124. The number of carbonyl (C=O) groups is 1. The van der Waals surface area contributed by atoms with E-state index >= 15 is 0 Å². The summed E-state index contributed by atoms with van der Waals surface area (Å²) < 4.78 is 7.16. The van der Waals surface area contributed by atoms with Crippen molar-refractivity contribution in [3.8, 4) is 17.0 Å². The fraction of sp³-hybridized carbons (Fsp3) is 0.115. The quantitative estimate of drug-likeness (QED) is 0.338. The van der Waals surface area contributed by atoms with Gasteiger partial charge in [-0.1, -0.05) is 60.3 Å². The number of thioether (sulfide) groups is 1. The minimum Gasteiger partial charge on any atom is -0.495 e. The number of amides is 1. The van der Waals surface area contributed by atoms with E-state index in [-0.39, 0.29) is 11.7 Å². The smallest absolute Gasteiger partial charge is 0.234 e. The summed E-state index contributed by atoms with van der Waals surface area (Å²) in [5, 5.41) is 10.8. The first-order chi connectivity index (χ1) is 16.1. The number of anilines is 1. The van der Waals surface area contributed by atoms with Gasteiger partial charge in [-0.3, -0.25) is 4.79 Å². The molecule has 5 aromatic rings. The van der Waals surface area contributed by atoms with Gasteiger partial charge < -0.3 is 10.1 Å². The van der Waals surface area contributed by atoms with Crippen molar-refractivity contribution < 1.29 is 9.53 Å². The van der Waals surface area contributed by atoms with E-state index in [1.165, 1.54) is 17.1 Å². The number of nitrogens with one attached hydrogen (secondary N) is 1. The highest BCUT2D eigenvalue weighted by Crippen LogP contribution is 2.31. The molecule has 7 heteroatoms. The van der Waals surface area contributed by atoms with Crippen molar-refractivity contribution in [2.45, 2.75) is 11.9 Å². The van der Waals surface area contributed by atoms with Gasteiger partial charge in [-0.2, -0.15) is 5.10 Å². The molecule has 1 N–H and O–H groups in total. The van der Waals surface area contributed by atoms with Gasteiger partial charge in [-0.15, -0.1) is 0 Å². The van der Waals surface area contributed by atoms with Crippen molar-refractivity contribution in [3.05, 3.63) is 84.7 Å². The lowest BCUT2D eigenvalue weighted by atomic mass is 10.0. The fourth-order valence-corrected chi connectivity index (χ4v) is 4.61. The Morgan fingerprint density at radius 2 is 1.94 bits per heavy atom. The summed E-state index contributed by atoms with van der Waals surface area (Å²) in [7, 11) is 1.59. The van der Waals surface area contributed by atoms with Crippen LogP contribution in [0.2, 0.25) is 0 Å². The van der Waals surface area contributed by atoms with Crippen molar-refractivity contribution in [1.29, 1.82) is 0 Å². The molecule has 5 rings (SSSR count). The van der Waals surface area contributed by atoms with Crippen molar-refractivity contribution in [1.82, 2.24) is 14.6 Å². The minimum absolute atomic E-state index is 0.124. The summed E-state index contributed by atoms with van der Waals surface area (Å²) in [6, 6.07) is 22.2. The third-order valence-electron chi connectivity index (χ3n) is 5.39. The molecular formula is C26H22N4O2S. The number of hydrogen-bond donors (Lipinski definition) is 1. The Morgan fingerprint density at radius 1 is 1.09 bits per heavy atom. The number of aromatic nitrogens is 3. The molecule has 0 bridgehead atoms. The molecule has 164 valence electrons. The van der Waals surface area contributed by atoms with Crippen LogP contribution in [0.4, 0.5) is 5.69 Å². The maximum absolute atomic E-state index is 12.6. The number of carbonyl (C=O) groups excluding carboxylic acids is 1. The molecule has 33 heavy (non-hydrogen) atoms. The first-order valence-corrected chi connectivity index (χ1v) is 11.5. The summed E-state index contributed by atoms with van der Waals surface area (Å²) in [6.45, 7) is 1.97. The third kappa shape index (κ3) is 4.27. The van der Waals surface area contributed by atoms with E-state index in [1.807, 2.05) is 60.1 Å². The Morgan fingerprint density at radius 3 is 2.82 bits per heavy atom. The SMILES string of the molecule is COc1ccc(C)cc1NC(=O)CSc1nccn2nc(-c3cccc4ccccc34)cc12. The molecule has 2 heterocycles. The zero-order chi connectivity index (χ0) is 22.8. The van der Waals surface area contributed by atoms with Gasteiger partial charge in [0.1, 0.15) is 10.8 Å². The Bertz CT molecular complexity index is 1470. The van der Waals surface area contributed by atoms with Gasteiger partial charge in [-0.05, 0) is 41.5 Å². The molecular weight excluding hydrogens is 432 g/mol.